The fourth-order valence-corrected chi connectivity index (χ4v) is 2.36. The van der Waals surface area contributed by atoms with Crippen LogP contribution in [0.5, 0.6) is 5.75 Å². The van der Waals surface area contributed by atoms with Crippen molar-refractivity contribution in [2.75, 3.05) is 7.11 Å². The van der Waals surface area contributed by atoms with Crippen LogP contribution in [0.25, 0.3) is 11.0 Å². The van der Waals surface area contributed by atoms with Crippen LogP contribution in [-0.4, -0.2) is 13.2 Å². The summed E-state index contributed by atoms with van der Waals surface area (Å²) in [7, 11) is 1.67. The van der Waals surface area contributed by atoms with Crippen molar-refractivity contribution in [2.24, 2.45) is 5.92 Å². The molecule has 1 aromatic carbocycles. The molecule has 1 saturated carbocycles. The highest BCUT2D eigenvalue weighted by Gasteiger charge is 2.27. The lowest BCUT2D eigenvalue weighted by atomic mass is 10.2. The Hall–Kier alpha value is -1.48. The van der Waals surface area contributed by atoms with E-state index in [9.17, 15) is 0 Å². The third-order valence-corrected chi connectivity index (χ3v) is 3.71. The summed E-state index contributed by atoms with van der Waals surface area (Å²) in [5.74, 6) is 2.64. The molecule has 3 nitrogen and oxygen atoms in total. The number of rotatable bonds is 5. The molecule has 0 spiro atoms. The van der Waals surface area contributed by atoms with Crippen LogP contribution in [0.2, 0.25) is 0 Å². The summed E-state index contributed by atoms with van der Waals surface area (Å²) in [6.07, 6.45) is 2.73. The van der Waals surface area contributed by atoms with Crippen LogP contribution in [0.4, 0.5) is 0 Å². The van der Waals surface area contributed by atoms with Gasteiger partial charge < -0.3 is 14.5 Å². The van der Waals surface area contributed by atoms with Crippen LogP contribution in [0, 0.1) is 5.92 Å². The van der Waals surface area contributed by atoms with E-state index in [2.05, 4.69) is 24.4 Å². The standard InChI is InChI=1S/C15H19NO2/c1-10(11-6-7-11)16-9-13-8-12-4-3-5-14(17-2)15(12)18-13/h3-5,8,10-11,16H,6-7,9H2,1-2H3. The Labute approximate surface area is 107 Å². The van der Waals surface area contributed by atoms with E-state index >= 15 is 0 Å². The zero-order chi connectivity index (χ0) is 12.5. The largest absolute Gasteiger partial charge is 0.493 e. The molecule has 96 valence electrons. The van der Waals surface area contributed by atoms with E-state index in [1.807, 2.05) is 12.1 Å². The molecular weight excluding hydrogens is 226 g/mol. The lowest BCUT2D eigenvalue weighted by molar-refractivity contribution is 0.402. The topological polar surface area (TPSA) is 34.4 Å². The molecule has 3 heteroatoms. The third kappa shape index (κ3) is 2.23. The van der Waals surface area contributed by atoms with Crippen molar-refractivity contribution in [3.63, 3.8) is 0 Å². The average molecular weight is 245 g/mol. The van der Waals surface area contributed by atoms with E-state index in [1.54, 1.807) is 7.11 Å². The molecule has 0 aliphatic heterocycles. The maximum Gasteiger partial charge on any atom is 0.176 e. The summed E-state index contributed by atoms with van der Waals surface area (Å²) in [5, 5.41) is 4.63. The molecule has 1 heterocycles. The number of nitrogens with one attached hydrogen (secondary N) is 1. The second-order valence-electron chi connectivity index (χ2n) is 5.10. The number of hydrogen-bond donors (Lipinski definition) is 1. The van der Waals surface area contributed by atoms with Crippen LogP contribution in [0.3, 0.4) is 0 Å². The maximum atomic E-state index is 5.85. The highest BCUT2D eigenvalue weighted by atomic mass is 16.5. The van der Waals surface area contributed by atoms with Crippen LogP contribution in [0.15, 0.2) is 28.7 Å². The molecular formula is C15H19NO2. The monoisotopic (exact) mass is 245 g/mol. The summed E-state index contributed by atoms with van der Waals surface area (Å²) >= 11 is 0. The van der Waals surface area contributed by atoms with E-state index in [4.69, 9.17) is 9.15 Å². The predicted octanol–water partition coefficient (Wildman–Crippen LogP) is 3.33. The van der Waals surface area contributed by atoms with Gasteiger partial charge in [0, 0.05) is 11.4 Å². The fraction of sp³-hybridized carbons (Fsp3) is 0.467. The highest BCUT2D eigenvalue weighted by molar-refractivity contribution is 5.83. The van der Waals surface area contributed by atoms with Crippen molar-refractivity contribution >= 4 is 11.0 Å². The van der Waals surface area contributed by atoms with Gasteiger partial charge in [-0.3, -0.25) is 0 Å². The van der Waals surface area contributed by atoms with Crippen molar-refractivity contribution < 1.29 is 9.15 Å². The van der Waals surface area contributed by atoms with Gasteiger partial charge in [0.2, 0.25) is 0 Å². The Balaban J connectivity index is 1.76. The molecule has 0 radical (unpaired) electrons. The molecule has 18 heavy (non-hydrogen) atoms. The van der Waals surface area contributed by atoms with Gasteiger partial charge in [0.1, 0.15) is 5.76 Å². The summed E-state index contributed by atoms with van der Waals surface area (Å²) in [5.41, 5.74) is 0.843. The number of benzene rings is 1. The second kappa shape index (κ2) is 4.65. The van der Waals surface area contributed by atoms with Crippen LogP contribution < -0.4 is 10.1 Å². The highest BCUT2D eigenvalue weighted by Crippen LogP contribution is 2.33. The van der Waals surface area contributed by atoms with Crippen molar-refractivity contribution in [2.45, 2.75) is 32.4 Å². The van der Waals surface area contributed by atoms with E-state index in [0.717, 1.165) is 34.9 Å². The zero-order valence-electron chi connectivity index (χ0n) is 10.9. The summed E-state index contributed by atoms with van der Waals surface area (Å²) in [6, 6.07) is 8.64. The van der Waals surface area contributed by atoms with Crippen LogP contribution in [0.1, 0.15) is 25.5 Å². The second-order valence-corrected chi connectivity index (χ2v) is 5.10. The van der Waals surface area contributed by atoms with Gasteiger partial charge in [-0.05, 0) is 37.8 Å². The summed E-state index contributed by atoms with van der Waals surface area (Å²) in [6.45, 7) is 3.04. The normalized spacial score (nSPS) is 17.0. The molecule has 3 rings (SSSR count). The quantitative estimate of drug-likeness (QED) is 0.877. The molecule has 1 atom stereocenters. The first kappa shape index (κ1) is 11.6. The summed E-state index contributed by atoms with van der Waals surface area (Å²) in [4.78, 5) is 0. The molecule has 0 saturated heterocycles. The van der Waals surface area contributed by atoms with Gasteiger partial charge in [-0.15, -0.1) is 0 Å². The Morgan fingerprint density at radius 3 is 3.00 bits per heavy atom. The van der Waals surface area contributed by atoms with Gasteiger partial charge in [-0.2, -0.15) is 0 Å². The lowest BCUT2D eigenvalue weighted by Gasteiger charge is -2.10. The minimum Gasteiger partial charge on any atom is -0.493 e. The predicted molar refractivity (Wildman–Crippen MR) is 71.8 cm³/mol. The van der Waals surface area contributed by atoms with Gasteiger partial charge in [-0.1, -0.05) is 12.1 Å². The Kier molecular flexibility index (Phi) is 3.00. The molecule has 2 aromatic rings. The number of ether oxygens (including phenoxy) is 1. The van der Waals surface area contributed by atoms with Gasteiger partial charge in [0.15, 0.2) is 11.3 Å². The molecule has 1 aliphatic rings. The first-order chi connectivity index (χ1) is 8.78. The fourth-order valence-electron chi connectivity index (χ4n) is 2.36. The minimum atomic E-state index is 0.583. The number of hydrogen-bond acceptors (Lipinski definition) is 3. The number of para-hydroxylation sites is 1. The molecule has 1 aliphatic carbocycles. The summed E-state index contributed by atoms with van der Waals surface area (Å²) < 4.78 is 11.2. The molecule has 1 N–H and O–H groups in total. The van der Waals surface area contributed by atoms with Gasteiger partial charge in [-0.25, -0.2) is 0 Å². The number of fused-ring (bicyclic) bond motifs is 1. The van der Waals surface area contributed by atoms with E-state index in [1.165, 1.54) is 12.8 Å². The first-order valence-corrected chi connectivity index (χ1v) is 6.56. The van der Waals surface area contributed by atoms with E-state index in [0.29, 0.717) is 6.04 Å². The van der Waals surface area contributed by atoms with E-state index in [-0.39, 0.29) is 0 Å². The Bertz CT molecular complexity index is 542. The zero-order valence-corrected chi connectivity index (χ0v) is 10.9. The van der Waals surface area contributed by atoms with E-state index < -0.39 is 0 Å². The Morgan fingerprint density at radius 2 is 2.28 bits per heavy atom. The van der Waals surface area contributed by atoms with Crippen molar-refractivity contribution in [1.82, 2.24) is 5.32 Å². The van der Waals surface area contributed by atoms with Gasteiger partial charge in [0.25, 0.3) is 0 Å². The lowest BCUT2D eigenvalue weighted by Crippen LogP contribution is -2.26. The van der Waals surface area contributed by atoms with Crippen LogP contribution >= 0.6 is 0 Å². The number of methoxy groups -OCH3 is 1. The molecule has 1 unspecified atom stereocenters. The molecule has 0 bridgehead atoms. The minimum absolute atomic E-state index is 0.583. The van der Waals surface area contributed by atoms with Crippen LogP contribution in [-0.2, 0) is 6.54 Å². The van der Waals surface area contributed by atoms with Crippen molar-refractivity contribution in [1.29, 1.82) is 0 Å². The smallest absolute Gasteiger partial charge is 0.176 e. The Morgan fingerprint density at radius 1 is 1.44 bits per heavy atom. The molecule has 0 amide bonds. The van der Waals surface area contributed by atoms with Crippen molar-refractivity contribution in [3.8, 4) is 5.75 Å². The van der Waals surface area contributed by atoms with Gasteiger partial charge >= 0.3 is 0 Å². The average Bonchev–Trinajstić information content (AvgIpc) is 3.15. The number of furan rings is 1. The SMILES string of the molecule is COc1cccc2cc(CNC(C)C3CC3)oc12. The molecule has 1 fully saturated rings. The van der Waals surface area contributed by atoms with Crippen molar-refractivity contribution in [3.05, 3.63) is 30.0 Å². The first-order valence-electron chi connectivity index (χ1n) is 6.56. The van der Waals surface area contributed by atoms with Gasteiger partial charge in [0.05, 0.1) is 13.7 Å². The third-order valence-electron chi connectivity index (χ3n) is 3.71. The maximum absolute atomic E-state index is 5.85. The molecule has 1 aromatic heterocycles.